The Kier molecular flexibility index (Phi) is 2.42. The number of imide groups is 1. The van der Waals surface area contributed by atoms with Crippen LogP contribution in [0.5, 0.6) is 0 Å². The maximum atomic E-state index is 10.9. The summed E-state index contributed by atoms with van der Waals surface area (Å²) in [4.78, 5) is 20.9. The van der Waals surface area contributed by atoms with E-state index in [2.05, 4.69) is 5.32 Å². The van der Waals surface area contributed by atoms with E-state index in [9.17, 15) is 9.59 Å². The van der Waals surface area contributed by atoms with Crippen molar-refractivity contribution in [2.75, 3.05) is 0 Å². The second-order valence-electron chi connectivity index (χ2n) is 2.07. The fraction of sp³-hybridized carbons (Fsp3) is 0. The number of carboxylic acid groups (broad SMARTS) is 1. The van der Waals surface area contributed by atoms with Crippen molar-refractivity contribution in [3.05, 3.63) is 35.9 Å². The minimum Gasteiger partial charge on any atom is -0.463 e. The minimum atomic E-state index is -1.47. The van der Waals surface area contributed by atoms with Crippen molar-refractivity contribution in [2.24, 2.45) is 0 Å². The lowest BCUT2D eigenvalue weighted by atomic mass is 10.2. The molecule has 61 valence electrons. The molecule has 0 heterocycles. The molecule has 0 saturated carbocycles. The smallest absolute Gasteiger partial charge is 0.434 e. The first-order valence-electron chi connectivity index (χ1n) is 3.24. The van der Waals surface area contributed by atoms with E-state index in [1.807, 2.05) is 0 Å². The quantitative estimate of drug-likeness (QED) is 0.675. The normalized spacial score (nSPS) is 9.00. The van der Waals surface area contributed by atoms with Gasteiger partial charge < -0.3 is 5.11 Å². The first-order valence-corrected chi connectivity index (χ1v) is 3.24. The zero-order valence-corrected chi connectivity index (χ0v) is 6.10. The standard InChI is InChI=1S/C8H6NO3/c10-7(9-8(11)12)6-4-2-1-3-5-6/h1-5H,(H,11,12). The number of rotatable bonds is 1. The number of amides is 2. The largest absolute Gasteiger partial charge is 0.463 e. The first kappa shape index (κ1) is 8.26. The zero-order valence-electron chi connectivity index (χ0n) is 6.10. The molecule has 0 fully saturated rings. The van der Waals surface area contributed by atoms with E-state index in [-0.39, 0.29) is 5.56 Å². The van der Waals surface area contributed by atoms with Gasteiger partial charge in [0, 0.05) is 5.56 Å². The van der Waals surface area contributed by atoms with E-state index in [1.54, 1.807) is 18.2 Å². The first-order chi connectivity index (χ1) is 5.70. The molecular formula is C8H6NO3. The predicted molar refractivity (Wildman–Crippen MR) is 40.9 cm³/mol. The van der Waals surface area contributed by atoms with Crippen LogP contribution in [0, 0.1) is 0 Å². The van der Waals surface area contributed by atoms with Gasteiger partial charge in [-0.05, 0) is 12.1 Å². The third-order valence-corrected chi connectivity index (χ3v) is 1.22. The Balaban J connectivity index is 2.73. The highest BCUT2D eigenvalue weighted by molar-refractivity contribution is 6.01. The van der Waals surface area contributed by atoms with Crippen LogP contribution in [0.15, 0.2) is 30.3 Å². The van der Waals surface area contributed by atoms with Gasteiger partial charge in [-0.25, -0.2) is 4.79 Å². The summed E-state index contributed by atoms with van der Waals surface area (Å²) >= 11 is 0. The van der Waals surface area contributed by atoms with Crippen LogP contribution in [-0.4, -0.2) is 17.1 Å². The Hall–Kier alpha value is -1.84. The van der Waals surface area contributed by atoms with Crippen molar-refractivity contribution in [2.45, 2.75) is 0 Å². The molecule has 1 N–H and O–H groups in total. The van der Waals surface area contributed by atoms with Crippen LogP contribution in [-0.2, 0) is 0 Å². The second kappa shape index (κ2) is 3.52. The summed E-state index contributed by atoms with van der Waals surface area (Å²) in [7, 11) is 0. The summed E-state index contributed by atoms with van der Waals surface area (Å²) in [5.41, 5.74) is 0.278. The van der Waals surface area contributed by atoms with Crippen molar-refractivity contribution < 1.29 is 14.7 Å². The van der Waals surface area contributed by atoms with Crippen LogP contribution < -0.4 is 5.32 Å². The third kappa shape index (κ3) is 2.09. The van der Waals surface area contributed by atoms with Crippen LogP contribution in [0.4, 0.5) is 4.79 Å². The Morgan fingerprint density at radius 1 is 1.17 bits per heavy atom. The van der Waals surface area contributed by atoms with Crippen molar-refractivity contribution in [1.29, 1.82) is 0 Å². The number of benzene rings is 1. The lowest BCUT2D eigenvalue weighted by Gasteiger charge is -1.94. The number of carbonyl (C=O) groups excluding carboxylic acids is 1. The van der Waals surface area contributed by atoms with Crippen LogP contribution in [0.3, 0.4) is 0 Å². The number of nitrogens with zero attached hydrogens (tertiary/aromatic N) is 1. The number of hydrogen-bond acceptors (Lipinski definition) is 2. The highest BCUT2D eigenvalue weighted by Gasteiger charge is 2.09. The van der Waals surface area contributed by atoms with Crippen molar-refractivity contribution >= 4 is 12.0 Å². The van der Waals surface area contributed by atoms with Crippen molar-refractivity contribution in [1.82, 2.24) is 5.32 Å². The molecule has 0 atom stereocenters. The molecule has 0 bridgehead atoms. The Labute approximate surface area is 68.8 Å². The molecule has 1 radical (unpaired) electrons. The number of hydrogen-bond donors (Lipinski definition) is 1. The molecule has 0 spiro atoms. The number of carbonyl (C=O) groups is 2. The third-order valence-electron chi connectivity index (χ3n) is 1.22. The van der Waals surface area contributed by atoms with Gasteiger partial charge >= 0.3 is 6.09 Å². The molecule has 0 unspecified atom stereocenters. The van der Waals surface area contributed by atoms with Gasteiger partial charge in [-0.3, -0.25) is 4.79 Å². The summed E-state index contributed by atoms with van der Waals surface area (Å²) in [6, 6.07) is 8.04. The maximum Gasteiger partial charge on any atom is 0.434 e. The molecule has 1 rings (SSSR count). The average Bonchev–Trinajstić information content (AvgIpc) is 2.05. The van der Waals surface area contributed by atoms with Crippen LogP contribution >= 0.6 is 0 Å². The Bertz CT molecular complexity index is 294. The van der Waals surface area contributed by atoms with Gasteiger partial charge in [0.1, 0.15) is 0 Å². The van der Waals surface area contributed by atoms with Crippen LogP contribution in [0.2, 0.25) is 0 Å². The predicted octanol–water partition coefficient (Wildman–Crippen LogP) is 1.11. The average molecular weight is 164 g/mol. The zero-order chi connectivity index (χ0) is 8.97. The monoisotopic (exact) mass is 164 g/mol. The van der Waals surface area contributed by atoms with Gasteiger partial charge in [-0.15, -0.1) is 5.32 Å². The fourth-order valence-corrected chi connectivity index (χ4v) is 0.732. The SMILES string of the molecule is O=C(O)[N]C(=O)c1ccccc1. The molecule has 0 aromatic heterocycles. The van der Waals surface area contributed by atoms with Gasteiger partial charge in [0.2, 0.25) is 0 Å². The summed E-state index contributed by atoms with van der Waals surface area (Å²) in [6.07, 6.45) is -1.47. The topological polar surface area (TPSA) is 68.5 Å². The summed E-state index contributed by atoms with van der Waals surface area (Å²) in [6.45, 7) is 0. The fourth-order valence-electron chi connectivity index (χ4n) is 0.732. The van der Waals surface area contributed by atoms with Gasteiger partial charge in [0.15, 0.2) is 0 Å². The maximum absolute atomic E-state index is 10.9. The van der Waals surface area contributed by atoms with E-state index in [4.69, 9.17) is 5.11 Å². The molecule has 0 saturated heterocycles. The molecule has 0 aliphatic heterocycles. The molecule has 1 aromatic rings. The lowest BCUT2D eigenvalue weighted by molar-refractivity contribution is 0.0943. The molecular weight excluding hydrogens is 158 g/mol. The van der Waals surface area contributed by atoms with E-state index in [0.29, 0.717) is 0 Å². The van der Waals surface area contributed by atoms with Crippen LogP contribution in [0.1, 0.15) is 10.4 Å². The van der Waals surface area contributed by atoms with E-state index in [1.165, 1.54) is 12.1 Å². The molecule has 0 aliphatic carbocycles. The highest BCUT2D eigenvalue weighted by Crippen LogP contribution is 1.97. The summed E-state index contributed by atoms with van der Waals surface area (Å²) in [5, 5.41) is 11.0. The van der Waals surface area contributed by atoms with Crippen LogP contribution in [0.25, 0.3) is 0 Å². The molecule has 12 heavy (non-hydrogen) atoms. The second-order valence-corrected chi connectivity index (χ2v) is 2.07. The van der Waals surface area contributed by atoms with Crippen molar-refractivity contribution in [3.63, 3.8) is 0 Å². The Morgan fingerprint density at radius 2 is 1.75 bits per heavy atom. The lowest BCUT2D eigenvalue weighted by Crippen LogP contribution is -2.20. The molecule has 4 heteroatoms. The molecule has 4 nitrogen and oxygen atoms in total. The summed E-state index contributed by atoms with van der Waals surface area (Å²) in [5.74, 6) is -0.733. The van der Waals surface area contributed by atoms with Crippen molar-refractivity contribution in [3.8, 4) is 0 Å². The van der Waals surface area contributed by atoms with E-state index >= 15 is 0 Å². The molecule has 2 amide bonds. The molecule has 1 aromatic carbocycles. The van der Waals surface area contributed by atoms with E-state index < -0.39 is 12.0 Å². The van der Waals surface area contributed by atoms with Gasteiger partial charge in [0.25, 0.3) is 5.91 Å². The highest BCUT2D eigenvalue weighted by atomic mass is 16.4. The van der Waals surface area contributed by atoms with Gasteiger partial charge in [0.05, 0.1) is 0 Å². The molecule has 0 aliphatic rings. The van der Waals surface area contributed by atoms with E-state index in [0.717, 1.165) is 0 Å². The van der Waals surface area contributed by atoms with Gasteiger partial charge in [-0.2, -0.15) is 0 Å². The Morgan fingerprint density at radius 3 is 2.25 bits per heavy atom. The minimum absolute atomic E-state index is 0.278. The summed E-state index contributed by atoms with van der Waals surface area (Å²) < 4.78 is 0. The van der Waals surface area contributed by atoms with Gasteiger partial charge in [-0.1, -0.05) is 18.2 Å².